The summed E-state index contributed by atoms with van der Waals surface area (Å²) in [5.41, 5.74) is 0. The molecular weight excluding hydrogens is 164 g/mol. The summed E-state index contributed by atoms with van der Waals surface area (Å²) < 4.78 is 11.6. The third-order valence-corrected chi connectivity index (χ3v) is 2.97. The molecule has 2 aliphatic rings. The van der Waals surface area contributed by atoms with Crippen LogP contribution in [0.15, 0.2) is 12.7 Å². The van der Waals surface area contributed by atoms with Crippen LogP contribution in [-0.4, -0.2) is 24.9 Å². The Balaban J connectivity index is 1.98. The summed E-state index contributed by atoms with van der Waals surface area (Å²) in [4.78, 5) is 0. The Morgan fingerprint density at radius 2 is 1.92 bits per heavy atom. The Hall–Kier alpha value is -0.340. The Kier molecular flexibility index (Phi) is 3.01. The minimum Gasteiger partial charge on any atom is -0.376 e. The van der Waals surface area contributed by atoms with Crippen molar-refractivity contribution in [1.29, 1.82) is 0 Å². The highest BCUT2D eigenvalue weighted by atomic mass is 16.5. The maximum atomic E-state index is 5.92. The van der Waals surface area contributed by atoms with E-state index < -0.39 is 0 Å². The molecule has 0 saturated carbocycles. The van der Waals surface area contributed by atoms with Gasteiger partial charge in [0.25, 0.3) is 0 Å². The maximum Gasteiger partial charge on any atom is 0.0845 e. The van der Waals surface area contributed by atoms with Gasteiger partial charge in [-0.3, -0.25) is 0 Å². The summed E-state index contributed by atoms with van der Waals surface area (Å²) in [6.07, 6.45) is 8.67. The van der Waals surface area contributed by atoms with E-state index in [1.807, 2.05) is 6.08 Å². The van der Waals surface area contributed by atoms with Crippen LogP contribution < -0.4 is 0 Å². The molecule has 0 aliphatic carbocycles. The van der Waals surface area contributed by atoms with E-state index in [-0.39, 0.29) is 6.10 Å². The third kappa shape index (κ3) is 2.12. The van der Waals surface area contributed by atoms with Gasteiger partial charge in [0.05, 0.1) is 18.3 Å². The molecule has 0 N–H and O–H groups in total. The molecule has 0 bridgehead atoms. The fraction of sp³-hybridized carbons (Fsp3) is 0.818. The number of ether oxygens (including phenoxy) is 2. The second-order valence-corrected chi connectivity index (χ2v) is 3.93. The molecular formula is C11H18O2. The van der Waals surface area contributed by atoms with E-state index in [1.165, 1.54) is 6.42 Å². The molecule has 13 heavy (non-hydrogen) atoms. The Morgan fingerprint density at radius 1 is 1.08 bits per heavy atom. The van der Waals surface area contributed by atoms with E-state index >= 15 is 0 Å². The first-order valence-electron chi connectivity index (χ1n) is 5.30. The molecule has 2 heteroatoms. The van der Waals surface area contributed by atoms with Crippen molar-refractivity contribution < 1.29 is 9.47 Å². The van der Waals surface area contributed by atoms with Gasteiger partial charge < -0.3 is 9.47 Å². The van der Waals surface area contributed by atoms with Gasteiger partial charge in [-0.1, -0.05) is 6.08 Å². The van der Waals surface area contributed by atoms with Crippen LogP contribution in [0.2, 0.25) is 0 Å². The van der Waals surface area contributed by atoms with Crippen LogP contribution in [0.5, 0.6) is 0 Å². The molecule has 3 atom stereocenters. The average molecular weight is 182 g/mol. The Morgan fingerprint density at radius 3 is 2.77 bits per heavy atom. The quantitative estimate of drug-likeness (QED) is 0.579. The molecule has 0 aromatic heterocycles. The molecule has 0 aromatic rings. The van der Waals surface area contributed by atoms with Gasteiger partial charge in [0, 0.05) is 6.61 Å². The van der Waals surface area contributed by atoms with Crippen molar-refractivity contribution in [2.45, 2.75) is 50.4 Å². The van der Waals surface area contributed by atoms with Crippen LogP contribution in [0.1, 0.15) is 32.1 Å². The van der Waals surface area contributed by atoms with Gasteiger partial charge in [-0.25, -0.2) is 0 Å². The number of hydrogen-bond donors (Lipinski definition) is 0. The van der Waals surface area contributed by atoms with Gasteiger partial charge in [0.15, 0.2) is 0 Å². The molecule has 2 fully saturated rings. The van der Waals surface area contributed by atoms with Crippen LogP contribution in [0.4, 0.5) is 0 Å². The first-order chi connectivity index (χ1) is 6.40. The van der Waals surface area contributed by atoms with Gasteiger partial charge in [0.2, 0.25) is 0 Å². The highest BCUT2D eigenvalue weighted by Gasteiger charge is 2.30. The largest absolute Gasteiger partial charge is 0.376 e. The molecule has 2 saturated heterocycles. The molecule has 0 unspecified atom stereocenters. The van der Waals surface area contributed by atoms with Crippen LogP contribution >= 0.6 is 0 Å². The van der Waals surface area contributed by atoms with E-state index in [2.05, 4.69) is 6.58 Å². The van der Waals surface area contributed by atoms with E-state index in [1.54, 1.807) is 0 Å². The summed E-state index contributed by atoms with van der Waals surface area (Å²) in [5, 5.41) is 0. The smallest absolute Gasteiger partial charge is 0.0845 e. The SMILES string of the molecule is C=C[C@H]1CCC[C@H]2OCCC[C@@H]2O1. The topological polar surface area (TPSA) is 18.5 Å². The second kappa shape index (κ2) is 4.25. The van der Waals surface area contributed by atoms with Crippen LogP contribution in [0.3, 0.4) is 0 Å². The molecule has 0 aromatic carbocycles. The zero-order chi connectivity index (χ0) is 9.10. The standard InChI is InChI=1S/C11H18O2/c1-2-9-5-3-6-10-11(13-9)7-4-8-12-10/h2,9-11H,1,3-8H2/t9-,10+,11-/m0/s1. The second-order valence-electron chi connectivity index (χ2n) is 3.93. The van der Waals surface area contributed by atoms with Gasteiger partial charge >= 0.3 is 0 Å². The minimum atomic E-state index is 0.261. The summed E-state index contributed by atoms with van der Waals surface area (Å²) in [7, 11) is 0. The van der Waals surface area contributed by atoms with Gasteiger partial charge in [0.1, 0.15) is 0 Å². The summed E-state index contributed by atoms with van der Waals surface area (Å²) in [5.74, 6) is 0. The number of hydrogen-bond acceptors (Lipinski definition) is 2. The lowest BCUT2D eigenvalue weighted by atomic mass is 10.0. The lowest BCUT2D eigenvalue weighted by molar-refractivity contribution is -0.110. The molecule has 74 valence electrons. The molecule has 2 aliphatic heterocycles. The normalized spacial score (nSPS) is 40.5. The maximum absolute atomic E-state index is 5.92. The molecule has 2 rings (SSSR count). The summed E-state index contributed by atoms with van der Waals surface area (Å²) >= 11 is 0. The van der Waals surface area contributed by atoms with Crippen molar-refractivity contribution in [2.24, 2.45) is 0 Å². The Bertz CT molecular complexity index is 179. The van der Waals surface area contributed by atoms with E-state index in [0.29, 0.717) is 12.2 Å². The molecule has 0 radical (unpaired) electrons. The van der Waals surface area contributed by atoms with E-state index in [9.17, 15) is 0 Å². The molecule has 0 amide bonds. The van der Waals surface area contributed by atoms with Crippen molar-refractivity contribution in [3.05, 3.63) is 12.7 Å². The van der Waals surface area contributed by atoms with E-state index in [0.717, 1.165) is 32.3 Å². The zero-order valence-corrected chi connectivity index (χ0v) is 8.08. The third-order valence-electron chi connectivity index (χ3n) is 2.97. The number of rotatable bonds is 1. The fourth-order valence-electron chi connectivity index (χ4n) is 2.22. The lowest BCUT2D eigenvalue weighted by Crippen LogP contribution is -2.36. The van der Waals surface area contributed by atoms with Gasteiger partial charge in [-0.15, -0.1) is 6.58 Å². The van der Waals surface area contributed by atoms with Crippen molar-refractivity contribution in [3.8, 4) is 0 Å². The van der Waals surface area contributed by atoms with Crippen LogP contribution in [-0.2, 0) is 9.47 Å². The summed E-state index contributed by atoms with van der Waals surface area (Å²) in [6, 6.07) is 0. The first-order valence-corrected chi connectivity index (χ1v) is 5.30. The average Bonchev–Trinajstić information content (AvgIpc) is 2.38. The van der Waals surface area contributed by atoms with Gasteiger partial charge in [-0.2, -0.15) is 0 Å². The predicted octanol–water partition coefficient (Wildman–Crippen LogP) is 2.29. The zero-order valence-electron chi connectivity index (χ0n) is 8.08. The highest BCUT2D eigenvalue weighted by Crippen LogP contribution is 2.27. The summed E-state index contributed by atoms with van der Waals surface area (Å²) in [6.45, 7) is 4.72. The Labute approximate surface area is 79.9 Å². The number of fused-ring (bicyclic) bond motifs is 1. The van der Waals surface area contributed by atoms with Crippen molar-refractivity contribution in [3.63, 3.8) is 0 Å². The van der Waals surface area contributed by atoms with Crippen molar-refractivity contribution in [1.82, 2.24) is 0 Å². The molecule has 2 heterocycles. The first kappa shape index (κ1) is 9.22. The van der Waals surface area contributed by atoms with Crippen LogP contribution in [0.25, 0.3) is 0 Å². The fourth-order valence-corrected chi connectivity index (χ4v) is 2.22. The molecule has 0 spiro atoms. The molecule has 2 nitrogen and oxygen atoms in total. The lowest BCUT2D eigenvalue weighted by Gasteiger charge is -2.30. The highest BCUT2D eigenvalue weighted by molar-refractivity contribution is 4.87. The van der Waals surface area contributed by atoms with Crippen LogP contribution in [0, 0.1) is 0 Å². The van der Waals surface area contributed by atoms with Crippen molar-refractivity contribution in [2.75, 3.05) is 6.61 Å². The van der Waals surface area contributed by atoms with Crippen molar-refractivity contribution >= 4 is 0 Å². The minimum absolute atomic E-state index is 0.261. The monoisotopic (exact) mass is 182 g/mol. The van der Waals surface area contributed by atoms with E-state index in [4.69, 9.17) is 9.47 Å². The van der Waals surface area contributed by atoms with Gasteiger partial charge in [-0.05, 0) is 32.1 Å². The predicted molar refractivity (Wildman–Crippen MR) is 51.7 cm³/mol.